The summed E-state index contributed by atoms with van der Waals surface area (Å²) < 4.78 is 35.6. The van der Waals surface area contributed by atoms with Gasteiger partial charge in [-0.1, -0.05) is 63.8 Å². The molecule has 0 heterocycles. The first-order chi connectivity index (χ1) is 11.5. The molecule has 0 atom stereocenters. The van der Waals surface area contributed by atoms with E-state index in [0.29, 0.717) is 12.0 Å². The molecule has 0 aliphatic heterocycles. The molecule has 0 fully saturated rings. The largest absolute Gasteiger partial charge is 1.00 e. The topological polar surface area (TPSA) is 57.2 Å². The maximum atomic E-state index is 11.9. The van der Waals surface area contributed by atoms with Gasteiger partial charge in [-0.3, -0.25) is 0 Å². The van der Waals surface area contributed by atoms with Crippen LogP contribution in [0.25, 0.3) is 10.8 Å². The fourth-order valence-corrected chi connectivity index (χ4v) is 4.09. The van der Waals surface area contributed by atoms with E-state index < -0.39 is 10.1 Å². The van der Waals surface area contributed by atoms with E-state index >= 15 is 0 Å². The Labute approximate surface area is 194 Å². The number of fused-ring (bicyclic) bond motifs is 1. The Balaban J connectivity index is 0.00000312. The number of hydrogen-bond donors (Lipinski definition) is 0. The van der Waals surface area contributed by atoms with E-state index in [9.17, 15) is 13.0 Å². The summed E-state index contributed by atoms with van der Waals surface area (Å²) in [5.41, 5.74) is 1.68. The van der Waals surface area contributed by atoms with Crippen LogP contribution < -0.4 is 51.4 Å². The summed E-state index contributed by atoms with van der Waals surface area (Å²) in [6.45, 7) is 4.25. The third-order valence-electron chi connectivity index (χ3n) is 4.55. The molecule has 0 saturated heterocycles. The van der Waals surface area contributed by atoms with Crippen LogP contribution in [-0.2, 0) is 23.0 Å². The Morgan fingerprint density at radius 2 is 1.44 bits per heavy atom. The summed E-state index contributed by atoms with van der Waals surface area (Å²) in [5.74, 6) is 0. The van der Waals surface area contributed by atoms with E-state index in [2.05, 4.69) is 13.8 Å². The first-order valence-corrected chi connectivity index (χ1v) is 10.4. The zero-order valence-corrected chi connectivity index (χ0v) is 19.6. The molecule has 0 aliphatic rings. The minimum atomic E-state index is -4.47. The van der Waals surface area contributed by atoms with Gasteiger partial charge in [0.25, 0.3) is 0 Å². The average molecular weight is 387 g/mol. The van der Waals surface area contributed by atoms with Crippen molar-refractivity contribution in [2.75, 3.05) is 0 Å². The second-order valence-corrected chi connectivity index (χ2v) is 7.77. The molecular formula is C20H27KO3S. The molecule has 2 rings (SSSR count). The summed E-state index contributed by atoms with van der Waals surface area (Å²) in [6.07, 6.45) is 7.67. The van der Waals surface area contributed by atoms with Crippen molar-refractivity contribution in [3.8, 4) is 0 Å². The van der Waals surface area contributed by atoms with Gasteiger partial charge >= 0.3 is 51.4 Å². The molecule has 0 aromatic heterocycles. The Kier molecular flexibility index (Phi) is 10.4. The van der Waals surface area contributed by atoms with E-state index in [4.69, 9.17) is 0 Å². The molecule has 25 heavy (non-hydrogen) atoms. The number of hydrogen-bond acceptors (Lipinski definition) is 3. The molecule has 0 radical (unpaired) electrons. The normalized spacial score (nSPS) is 11.5. The van der Waals surface area contributed by atoms with Gasteiger partial charge < -0.3 is 4.55 Å². The Morgan fingerprint density at radius 1 is 0.880 bits per heavy atom. The van der Waals surface area contributed by atoms with Crippen LogP contribution in [0.4, 0.5) is 0 Å². The van der Waals surface area contributed by atoms with Crippen LogP contribution >= 0.6 is 0 Å². The van der Waals surface area contributed by atoms with Crippen molar-refractivity contribution < 1.29 is 64.4 Å². The van der Waals surface area contributed by atoms with E-state index in [1.54, 1.807) is 6.07 Å². The van der Waals surface area contributed by atoms with Crippen molar-refractivity contribution in [2.24, 2.45) is 0 Å². The zero-order chi connectivity index (χ0) is 17.6. The summed E-state index contributed by atoms with van der Waals surface area (Å²) in [4.78, 5) is -0.0104. The van der Waals surface area contributed by atoms with Gasteiger partial charge in [0, 0.05) is 0 Å². The molecule has 132 valence electrons. The van der Waals surface area contributed by atoms with E-state index in [1.807, 2.05) is 24.3 Å². The maximum absolute atomic E-state index is 11.9. The van der Waals surface area contributed by atoms with Crippen LogP contribution in [0.2, 0.25) is 0 Å². The smallest absolute Gasteiger partial charge is 0.744 e. The van der Waals surface area contributed by atoms with Crippen molar-refractivity contribution in [3.05, 3.63) is 41.5 Å². The Bertz CT molecular complexity index is 785. The second-order valence-electron chi connectivity index (χ2n) is 6.43. The van der Waals surface area contributed by atoms with E-state index in [1.165, 1.54) is 0 Å². The molecule has 2 aromatic carbocycles. The van der Waals surface area contributed by atoms with Crippen LogP contribution in [-0.4, -0.2) is 13.0 Å². The van der Waals surface area contributed by atoms with Crippen molar-refractivity contribution in [3.63, 3.8) is 0 Å². The van der Waals surface area contributed by atoms with Crippen LogP contribution in [0.3, 0.4) is 0 Å². The first kappa shape index (κ1) is 23.3. The summed E-state index contributed by atoms with van der Waals surface area (Å²) in [7, 11) is -4.47. The summed E-state index contributed by atoms with van der Waals surface area (Å²) in [5, 5.41) is 2.02. The monoisotopic (exact) mass is 386 g/mol. The molecule has 0 unspecified atom stereocenters. The third kappa shape index (κ3) is 6.42. The molecule has 0 saturated carbocycles. The number of aryl methyl sites for hydroxylation is 2. The van der Waals surface area contributed by atoms with Gasteiger partial charge in [0.1, 0.15) is 10.1 Å². The van der Waals surface area contributed by atoms with Crippen LogP contribution in [0.5, 0.6) is 0 Å². The molecule has 3 nitrogen and oxygen atoms in total. The molecule has 0 spiro atoms. The third-order valence-corrected chi connectivity index (χ3v) is 5.45. The van der Waals surface area contributed by atoms with Gasteiger partial charge in [-0.2, -0.15) is 0 Å². The molecule has 0 N–H and O–H groups in total. The standard InChI is InChI=1S/C20H28O3S.K/c1-3-5-7-11-16-15-20(24(21,22)23)19(14-8-6-4-2)18-13-10-9-12-17(16)18;/h9-10,12-13,15H,3-8,11,14H2,1-2H3,(H,21,22,23);/q;+1/p-1. The zero-order valence-electron chi connectivity index (χ0n) is 15.7. The van der Waals surface area contributed by atoms with E-state index in [0.717, 1.165) is 61.3 Å². The average Bonchev–Trinajstić information content (AvgIpc) is 2.55. The fourth-order valence-electron chi connectivity index (χ4n) is 3.29. The quantitative estimate of drug-likeness (QED) is 0.377. The van der Waals surface area contributed by atoms with Crippen molar-refractivity contribution in [2.45, 2.75) is 70.1 Å². The summed E-state index contributed by atoms with van der Waals surface area (Å²) >= 11 is 0. The summed E-state index contributed by atoms with van der Waals surface area (Å²) in [6, 6.07) is 9.53. The van der Waals surface area contributed by atoms with Crippen molar-refractivity contribution in [1.29, 1.82) is 0 Å². The van der Waals surface area contributed by atoms with Crippen LogP contribution in [0.1, 0.15) is 63.5 Å². The molecular weight excluding hydrogens is 359 g/mol. The molecule has 2 aromatic rings. The fraction of sp³-hybridized carbons (Fsp3) is 0.500. The van der Waals surface area contributed by atoms with E-state index in [-0.39, 0.29) is 56.3 Å². The predicted octanol–water partition coefficient (Wildman–Crippen LogP) is 2.21. The molecule has 0 aliphatic carbocycles. The van der Waals surface area contributed by atoms with Crippen molar-refractivity contribution >= 4 is 20.9 Å². The van der Waals surface area contributed by atoms with Gasteiger partial charge in [-0.05, 0) is 53.6 Å². The number of unbranched alkanes of at least 4 members (excludes halogenated alkanes) is 4. The van der Waals surface area contributed by atoms with Gasteiger partial charge in [-0.25, -0.2) is 8.42 Å². The van der Waals surface area contributed by atoms with Crippen molar-refractivity contribution in [1.82, 2.24) is 0 Å². The number of benzene rings is 2. The van der Waals surface area contributed by atoms with Gasteiger partial charge in [0.05, 0.1) is 4.90 Å². The Morgan fingerprint density at radius 3 is 2.00 bits per heavy atom. The minimum absolute atomic E-state index is 0. The molecule has 0 amide bonds. The minimum Gasteiger partial charge on any atom is -0.744 e. The Hall–Kier alpha value is 0.246. The van der Waals surface area contributed by atoms with Gasteiger partial charge in [-0.15, -0.1) is 0 Å². The maximum Gasteiger partial charge on any atom is 1.00 e. The first-order valence-electron chi connectivity index (χ1n) is 8.98. The molecule has 0 bridgehead atoms. The van der Waals surface area contributed by atoms with Gasteiger partial charge in [0.15, 0.2) is 0 Å². The van der Waals surface area contributed by atoms with Crippen LogP contribution in [0, 0.1) is 0 Å². The SMILES string of the molecule is CCCCCc1cc(S(=O)(=O)[O-])c(CCCCC)c2ccccc12.[K+]. The predicted molar refractivity (Wildman–Crippen MR) is 98.4 cm³/mol. The number of rotatable bonds is 9. The van der Waals surface area contributed by atoms with Gasteiger partial charge in [0.2, 0.25) is 0 Å². The van der Waals surface area contributed by atoms with Crippen LogP contribution in [0.15, 0.2) is 35.2 Å². The molecule has 5 heteroatoms. The second kappa shape index (κ2) is 11.2.